The third-order valence-corrected chi connectivity index (χ3v) is 6.90. The lowest BCUT2D eigenvalue weighted by molar-refractivity contribution is -0.127. The van der Waals surface area contributed by atoms with E-state index in [1.807, 2.05) is 0 Å². The number of nitrogens with one attached hydrogen (secondary N) is 1. The maximum atomic E-state index is 12.5. The molecule has 0 saturated carbocycles. The largest absolute Gasteiger partial charge is 0.336 e. The molecule has 1 N–H and O–H groups in total. The molecule has 7 heteroatoms. The van der Waals surface area contributed by atoms with E-state index in [9.17, 15) is 9.59 Å². The Morgan fingerprint density at radius 2 is 1.48 bits per heavy atom. The van der Waals surface area contributed by atoms with E-state index in [4.69, 9.17) is 4.99 Å². The third kappa shape index (κ3) is 7.19. The van der Waals surface area contributed by atoms with E-state index in [2.05, 4.69) is 24.1 Å². The molecule has 0 aromatic carbocycles. The van der Waals surface area contributed by atoms with Crippen molar-refractivity contribution in [2.24, 2.45) is 4.99 Å². The highest BCUT2D eigenvalue weighted by atomic mass is 32.2. The van der Waals surface area contributed by atoms with E-state index in [1.54, 1.807) is 23.7 Å². The molecule has 0 radical (unpaired) electrons. The number of carbonyl (C=O) groups is 2. The van der Waals surface area contributed by atoms with Crippen molar-refractivity contribution in [3.8, 4) is 0 Å². The summed E-state index contributed by atoms with van der Waals surface area (Å²) in [6, 6.07) is -0.722. The van der Waals surface area contributed by atoms with Crippen molar-refractivity contribution in [3.63, 3.8) is 0 Å². The topological polar surface area (TPSA) is 65.0 Å². The molecule has 2 aliphatic rings. The summed E-state index contributed by atoms with van der Waals surface area (Å²) in [6.07, 6.45) is 14.7. The lowest BCUT2D eigenvalue weighted by Crippen LogP contribution is -2.63. The van der Waals surface area contributed by atoms with Crippen LogP contribution in [-0.4, -0.2) is 58.5 Å². The average Bonchev–Trinajstić information content (AvgIpc) is 3.07. The molecule has 29 heavy (non-hydrogen) atoms. The van der Waals surface area contributed by atoms with Crippen LogP contribution in [0, 0.1) is 0 Å². The standard InChI is InChI=1S/C22H40N4O2S/c1-4-6-8-10-11-12-13-15-17-29-22-23-19-18(20(27)24-21(28)25(19)3)26(22)16-14-9-7-5-2/h18-19H,4-17H2,1-3H3,(H,24,27,28). The first kappa shape index (κ1) is 24.0. The van der Waals surface area contributed by atoms with Crippen LogP contribution in [-0.2, 0) is 4.79 Å². The number of imide groups is 1. The molecule has 2 rings (SSSR count). The van der Waals surface area contributed by atoms with E-state index < -0.39 is 0 Å². The highest BCUT2D eigenvalue weighted by Gasteiger charge is 2.48. The summed E-state index contributed by atoms with van der Waals surface area (Å²) >= 11 is 1.76. The molecule has 1 saturated heterocycles. The number of hydrogen-bond donors (Lipinski definition) is 1. The number of urea groups is 1. The van der Waals surface area contributed by atoms with Gasteiger partial charge in [0.2, 0.25) is 0 Å². The van der Waals surface area contributed by atoms with Crippen LogP contribution in [0.1, 0.15) is 90.9 Å². The summed E-state index contributed by atoms with van der Waals surface area (Å²) in [6.45, 7) is 5.29. The number of nitrogens with zero attached hydrogens (tertiary/aromatic N) is 3. The van der Waals surface area contributed by atoms with E-state index in [0.717, 1.165) is 30.3 Å². The first-order chi connectivity index (χ1) is 14.1. The predicted octanol–water partition coefficient (Wildman–Crippen LogP) is 4.99. The summed E-state index contributed by atoms with van der Waals surface area (Å²) < 4.78 is 0. The zero-order chi connectivity index (χ0) is 21.1. The number of aliphatic imine (C=N–C) groups is 1. The van der Waals surface area contributed by atoms with Gasteiger partial charge in [0, 0.05) is 19.3 Å². The fourth-order valence-electron chi connectivity index (χ4n) is 3.96. The van der Waals surface area contributed by atoms with Crippen molar-refractivity contribution in [1.29, 1.82) is 0 Å². The number of fused-ring (bicyclic) bond motifs is 1. The van der Waals surface area contributed by atoms with Crippen LogP contribution in [0.15, 0.2) is 4.99 Å². The van der Waals surface area contributed by atoms with E-state index in [0.29, 0.717) is 0 Å². The summed E-state index contributed by atoms with van der Waals surface area (Å²) in [7, 11) is 1.73. The first-order valence-corrected chi connectivity index (χ1v) is 12.6. The van der Waals surface area contributed by atoms with Gasteiger partial charge in [-0.3, -0.25) is 10.1 Å². The van der Waals surface area contributed by atoms with Gasteiger partial charge in [0.15, 0.2) is 17.4 Å². The molecular formula is C22H40N4O2S. The molecule has 2 heterocycles. The van der Waals surface area contributed by atoms with Crippen molar-refractivity contribution >= 4 is 28.9 Å². The molecule has 0 aliphatic carbocycles. The fourth-order valence-corrected chi connectivity index (χ4v) is 5.05. The Morgan fingerprint density at radius 3 is 2.14 bits per heavy atom. The number of amides is 3. The highest BCUT2D eigenvalue weighted by Crippen LogP contribution is 2.29. The number of rotatable bonds is 14. The number of amidine groups is 1. The van der Waals surface area contributed by atoms with Gasteiger partial charge < -0.3 is 9.80 Å². The second-order valence-corrected chi connectivity index (χ2v) is 9.31. The average molecular weight is 425 g/mol. The zero-order valence-electron chi connectivity index (χ0n) is 18.6. The van der Waals surface area contributed by atoms with Crippen LogP contribution in [0.3, 0.4) is 0 Å². The van der Waals surface area contributed by atoms with Gasteiger partial charge in [-0.05, 0) is 12.8 Å². The maximum Gasteiger partial charge on any atom is 0.325 e. The monoisotopic (exact) mass is 424 g/mol. The molecule has 1 fully saturated rings. The van der Waals surface area contributed by atoms with Crippen molar-refractivity contribution in [3.05, 3.63) is 0 Å². The van der Waals surface area contributed by atoms with Gasteiger partial charge in [-0.2, -0.15) is 0 Å². The van der Waals surface area contributed by atoms with Crippen LogP contribution < -0.4 is 5.32 Å². The minimum Gasteiger partial charge on any atom is -0.336 e. The Balaban J connectivity index is 1.82. The SMILES string of the molecule is CCCCCCCCCCSC1=NC2C(C(=O)NC(=O)N2C)N1CCCCCC. The molecule has 2 atom stereocenters. The van der Waals surface area contributed by atoms with Crippen LogP contribution in [0.2, 0.25) is 0 Å². The van der Waals surface area contributed by atoms with Gasteiger partial charge in [-0.15, -0.1) is 0 Å². The number of unbranched alkanes of at least 4 members (excludes halogenated alkanes) is 10. The van der Waals surface area contributed by atoms with Gasteiger partial charge in [-0.1, -0.05) is 89.8 Å². The summed E-state index contributed by atoms with van der Waals surface area (Å²) in [5.74, 6) is 0.817. The van der Waals surface area contributed by atoms with Gasteiger partial charge in [0.05, 0.1) is 0 Å². The van der Waals surface area contributed by atoms with Crippen LogP contribution >= 0.6 is 11.8 Å². The highest BCUT2D eigenvalue weighted by molar-refractivity contribution is 8.13. The molecule has 3 amide bonds. The van der Waals surface area contributed by atoms with Crippen molar-refractivity contribution in [2.75, 3.05) is 19.3 Å². The number of thioether (sulfide) groups is 1. The molecule has 2 unspecified atom stereocenters. The lowest BCUT2D eigenvalue weighted by Gasteiger charge is -2.36. The number of likely N-dealkylation sites (N-methyl/N-ethyl adjacent to an activating group) is 1. The van der Waals surface area contributed by atoms with Crippen molar-refractivity contribution in [2.45, 2.75) is 103 Å². The first-order valence-electron chi connectivity index (χ1n) is 11.6. The maximum absolute atomic E-state index is 12.5. The molecule has 0 aromatic rings. The van der Waals surface area contributed by atoms with Gasteiger partial charge >= 0.3 is 6.03 Å². The zero-order valence-corrected chi connectivity index (χ0v) is 19.4. The Labute approximate surface area is 181 Å². The Hall–Kier alpha value is -1.24. The Bertz CT molecular complexity index is 555. The van der Waals surface area contributed by atoms with E-state index in [-0.39, 0.29) is 24.1 Å². The molecule has 0 spiro atoms. The molecule has 0 bridgehead atoms. The predicted molar refractivity (Wildman–Crippen MR) is 122 cm³/mol. The number of hydrogen-bond acceptors (Lipinski definition) is 5. The summed E-state index contributed by atoms with van der Waals surface area (Å²) in [5.41, 5.74) is 0. The number of carbonyl (C=O) groups excluding carboxylic acids is 2. The van der Waals surface area contributed by atoms with Crippen molar-refractivity contribution in [1.82, 2.24) is 15.1 Å². The van der Waals surface area contributed by atoms with Gasteiger partial charge in [0.1, 0.15) is 0 Å². The summed E-state index contributed by atoms with van der Waals surface area (Å²) in [5, 5.41) is 3.42. The second-order valence-electron chi connectivity index (χ2n) is 8.25. The fraction of sp³-hybridized carbons (Fsp3) is 0.864. The molecule has 6 nitrogen and oxygen atoms in total. The minimum absolute atomic E-state index is 0.208. The van der Waals surface area contributed by atoms with E-state index >= 15 is 0 Å². The Kier molecular flexibility index (Phi) is 10.9. The van der Waals surface area contributed by atoms with Crippen molar-refractivity contribution < 1.29 is 9.59 Å². The second kappa shape index (κ2) is 13.1. The Morgan fingerprint density at radius 1 is 0.897 bits per heavy atom. The smallest absolute Gasteiger partial charge is 0.325 e. The minimum atomic E-state index is -0.386. The molecular weight excluding hydrogens is 384 g/mol. The van der Waals surface area contributed by atoms with E-state index in [1.165, 1.54) is 64.2 Å². The summed E-state index contributed by atoms with van der Waals surface area (Å²) in [4.78, 5) is 33.0. The van der Waals surface area contributed by atoms with Crippen LogP contribution in [0.4, 0.5) is 4.79 Å². The molecule has 166 valence electrons. The molecule has 2 aliphatic heterocycles. The van der Waals surface area contributed by atoms with Gasteiger partial charge in [0.25, 0.3) is 5.91 Å². The third-order valence-electron chi connectivity index (χ3n) is 5.80. The quantitative estimate of drug-likeness (QED) is 0.399. The van der Waals surface area contributed by atoms with Crippen LogP contribution in [0.5, 0.6) is 0 Å². The lowest BCUT2D eigenvalue weighted by atomic mass is 10.1. The van der Waals surface area contributed by atoms with Gasteiger partial charge in [-0.25, -0.2) is 9.79 Å². The molecule has 0 aromatic heterocycles. The normalized spacial score (nSPS) is 21.4. The van der Waals surface area contributed by atoms with Crippen LogP contribution in [0.25, 0.3) is 0 Å².